The molecule has 0 aliphatic heterocycles. The summed E-state index contributed by atoms with van der Waals surface area (Å²) in [5.74, 6) is -0.803. The van der Waals surface area contributed by atoms with Gasteiger partial charge in [0, 0.05) is 32.6 Å². The molecular weight excluding hydrogens is 295 g/mol. The van der Waals surface area contributed by atoms with Gasteiger partial charge in [-0.2, -0.15) is 0 Å². The Labute approximate surface area is 155 Å². The fourth-order valence-electron chi connectivity index (χ4n) is 2.06. The van der Waals surface area contributed by atoms with Gasteiger partial charge in [0.2, 0.25) is 5.91 Å². The quantitative estimate of drug-likeness (QED) is 0.321. The Bertz CT molecular complexity index is 291. The van der Waals surface area contributed by atoms with E-state index in [1.807, 2.05) is 4.90 Å². The second kappa shape index (κ2) is 17.2. The van der Waals surface area contributed by atoms with Crippen molar-refractivity contribution in [2.45, 2.75) is 51.9 Å². The number of aliphatic hydroxyl groups excluding tert-OH is 1. The topological polar surface area (TPSA) is 89.9 Å². The Morgan fingerprint density at radius 1 is 1.00 bits per heavy atom. The third-order valence-electron chi connectivity index (χ3n) is 3.32. The number of carbonyl (C=O) groups is 2. The molecule has 0 aromatic rings. The van der Waals surface area contributed by atoms with Gasteiger partial charge >= 0.3 is 35.5 Å². The second-order valence-electron chi connectivity index (χ2n) is 5.22. The van der Waals surface area contributed by atoms with Crippen molar-refractivity contribution in [3.8, 4) is 0 Å². The first-order valence-corrected chi connectivity index (χ1v) is 7.91. The van der Waals surface area contributed by atoms with Gasteiger partial charge in [-0.05, 0) is 6.42 Å². The van der Waals surface area contributed by atoms with Crippen LogP contribution in [-0.4, -0.2) is 89.3 Å². The number of rotatable bonds is 14. The Balaban J connectivity index is 0. The molecule has 6 nitrogen and oxygen atoms in total. The molecule has 3 N–H and O–H groups in total. The van der Waals surface area contributed by atoms with Gasteiger partial charge in [-0.1, -0.05) is 32.6 Å². The molecule has 0 heterocycles. The molecule has 7 heteroatoms. The average molecular weight is 326 g/mol. The maximum atomic E-state index is 11.6. The van der Waals surface area contributed by atoms with E-state index in [0.717, 1.165) is 12.8 Å². The number of aliphatic hydroxyl groups is 1. The minimum atomic E-state index is -0.853. The van der Waals surface area contributed by atoms with Gasteiger partial charge in [-0.25, -0.2) is 0 Å². The summed E-state index contributed by atoms with van der Waals surface area (Å²) in [6, 6.07) is 0. The summed E-state index contributed by atoms with van der Waals surface area (Å²) in [5, 5.41) is 20.4. The van der Waals surface area contributed by atoms with Crippen LogP contribution in [0, 0.1) is 0 Å². The second-order valence-corrected chi connectivity index (χ2v) is 5.22. The van der Waals surface area contributed by atoms with Gasteiger partial charge in [0.25, 0.3) is 0 Å². The van der Waals surface area contributed by atoms with Crippen molar-refractivity contribution in [1.82, 2.24) is 10.2 Å². The molecule has 0 radical (unpaired) electrons. The van der Waals surface area contributed by atoms with Crippen molar-refractivity contribution in [2.75, 3.05) is 32.8 Å². The van der Waals surface area contributed by atoms with Crippen LogP contribution in [0.25, 0.3) is 0 Å². The van der Waals surface area contributed by atoms with Crippen LogP contribution in [0.2, 0.25) is 0 Å². The number of hydrogen-bond acceptors (Lipinski definition) is 4. The molecule has 0 spiro atoms. The van der Waals surface area contributed by atoms with Crippen LogP contribution in [0.1, 0.15) is 51.9 Å². The third-order valence-corrected chi connectivity index (χ3v) is 3.32. The standard InChI is InChI=1S/C15H30N2O4.Na.H/c1-2-3-4-5-6-7-14(19)16-9-11-17(12-13-18)10-8-15(20)21;;/h18H,2-13H2,1H3,(H,16,19)(H,20,21);;. The number of carboxylic acids is 1. The van der Waals surface area contributed by atoms with Crippen LogP contribution < -0.4 is 5.32 Å². The molecule has 0 bridgehead atoms. The average Bonchev–Trinajstić information content (AvgIpc) is 2.44. The summed E-state index contributed by atoms with van der Waals surface area (Å²) in [7, 11) is 0. The number of carbonyl (C=O) groups excluding carboxylic acids is 1. The molecule has 0 atom stereocenters. The number of nitrogens with zero attached hydrogens (tertiary/aromatic N) is 1. The van der Waals surface area contributed by atoms with E-state index in [4.69, 9.17) is 10.2 Å². The molecule has 0 unspecified atom stereocenters. The number of hydrogen-bond donors (Lipinski definition) is 3. The van der Waals surface area contributed by atoms with Crippen LogP contribution in [0.5, 0.6) is 0 Å². The molecule has 0 aliphatic rings. The van der Waals surface area contributed by atoms with Crippen LogP contribution in [0.4, 0.5) is 0 Å². The van der Waals surface area contributed by atoms with Crippen molar-refractivity contribution in [2.24, 2.45) is 0 Å². The Hall–Kier alpha value is -0.140. The van der Waals surface area contributed by atoms with E-state index in [0.29, 0.717) is 32.6 Å². The predicted octanol–water partition coefficient (Wildman–Crippen LogP) is 0.584. The van der Waals surface area contributed by atoms with Crippen molar-refractivity contribution in [3.05, 3.63) is 0 Å². The molecule has 0 saturated heterocycles. The number of aliphatic carboxylic acids is 1. The van der Waals surface area contributed by atoms with E-state index < -0.39 is 5.97 Å². The van der Waals surface area contributed by atoms with E-state index in [1.54, 1.807) is 0 Å². The number of carboxylic acid groups (broad SMARTS) is 1. The Kier molecular flexibility index (Phi) is 18.9. The zero-order valence-corrected chi connectivity index (χ0v) is 13.1. The number of nitrogens with one attached hydrogen (secondary N) is 1. The van der Waals surface area contributed by atoms with E-state index in [2.05, 4.69) is 12.2 Å². The van der Waals surface area contributed by atoms with Crippen LogP contribution >= 0.6 is 0 Å². The van der Waals surface area contributed by atoms with Crippen molar-refractivity contribution in [3.63, 3.8) is 0 Å². The van der Waals surface area contributed by atoms with E-state index in [-0.39, 0.29) is 48.5 Å². The van der Waals surface area contributed by atoms with Gasteiger partial charge in [0.15, 0.2) is 0 Å². The first kappa shape index (κ1) is 24.1. The van der Waals surface area contributed by atoms with Gasteiger partial charge in [0.1, 0.15) is 0 Å². The van der Waals surface area contributed by atoms with Crippen molar-refractivity contribution in [1.29, 1.82) is 0 Å². The molecule has 0 aromatic heterocycles. The summed E-state index contributed by atoms with van der Waals surface area (Å²) in [6.45, 7) is 4.03. The van der Waals surface area contributed by atoms with Gasteiger partial charge in [0.05, 0.1) is 13.0 Å². The normalized spacial score (nSPS) is 10.3. The van der Waals surface area contributed by atoms with Crippen LogP contribution in [0.3, 0.4) is 0 Å². The molecule has 0 fully saturated rings. The van der Waals surface area contributed by atoms with Gasteiger partial charge < -0.3 is 15.5 Å². The summed E-state index contributed by atoms with van der Waals surface area (Å²) >= 11 is 0. The minimum absolute atomic E-state index is 0. The molecule has 0 saturated carbocycles. The molecular formula is C15H31N2NaO4. The van der Waals surface area contributed by atoms with E-state index >= 15 is 0 Å². The third kappa shape index (κ3) is 16.2. The monoisotopic (exact) mass is 326 g/mol. The van der Waals surface area contributed by atoms with E-state index in [1.165, 1.54) is 19.3 Å². The Morgan fingerprint density at radius 2 is 1.68 bits per heavy atom. The summed E-state index contributed by atoms with van der Waals surface area (Å²) in [4.78, 5) is 24.0. The first-order chi connectivity index (χ1) is 10.1. The fraction of sp³-hybridized carbons (Fsp3) is 0.867. The number of unbranched alkanes of at least 4 members (excludes halogenated alkanes) is 4. The van der Waals surface area contributed by atoms with E-state index in [9.17, 15) is 9.59 Å². The summed E-state index contributed by atoms with van der Waals surface area (Å²) in [6.07, 6.45) is 6.22. The SMILES string of the molecule is CCCCCCCC(=O)NCCN(CCO)CCC(=O)O.[NaH]. The molecule has 0 aliphatic carbocycles. The van der Waals surface area contributed by atoms with Crippen molar-refractivity contribution < 1.29 is 19.8 Å². The van der Waals surface area contributed by atoms with Crippen LogP contribution in [-0.2, 0) is 9.59 Å². The molecule has 22 heavy (non-hydrogen) atoms. The fourth-order valence-corrected chi connectivity index (χ4v) is 2.06. The molecule has 1 amide bonds. The molecule has 0 aromatic carbocycles. The molecule has 0 rings (SSSR count). The summed E-state index contributed by atoms with van der Waals surface area (Å²) in [5.41, 5.74) is 0. The number of amides is 1. The van der Waals surface area contributed by atoms with Gasteiger partial charge in [-0.15, -0.1) is 0 Å². The zero-order valence-electron chi connectivity index (χ0n) is 13.1. The maximum absolute atomic E-state index is 11.6. The zero-order chi connectivity index (χ0) is 15.9. The first-order valence-electron chi connectivity index (χ1n) is 7.91. The van der Waals surface area contributed by atoms with Crippen LogP contribution in [0.15, 0.2) is 0 Å². The summed E-state index contributed by atoms with van der Waals surface area (Å²) < 4.78 is 0. The van der Waals surface area contributed by atoms with Gasteiger partial charge in [-0.3, -0.25) is 14.5 Å². The Morgan fingerprint density at radius 3 is 2.27 bits per heavy atom. The van der Waals surface area contributed by atoms with Crippen molar-refractivity contribution >= 4 is 41.4 Å². The predicted molar refractivity (Wildman–Crippen MR) is 89.3 cm³/mol. The molecule has 126 valence electrons.